The smallest absolute Gasteiger partial charge is 0.138 e. The number of nitrogens with zero attached hydrogens (tertiary/aromatic N) is 6. The molecule has 5 rings (SSSR count). The Labute approximate surface area is 216 Å². The van der Waals surface area contributed by atoms with Gasteiger partial charge in [0.15, 0.2) is 0 Å². The summed E-state index contributed by atoms with van der Waals surface area (Å²) in [5, 5.41) is 0. The molecular formula is C29H42N6O. The standard InChI is InChI=1S/C29H42N6O/c1-6-33-16-18-34(19-17-33)27-14-8-13-26-31-29(25(35(26)27)20-36-21(2)3)24-12-7-11-23(32(24)5)28-22(4)10-9-15-30-28/h8-10,13-15,21,23-24H,6-7,11-12,16-20H2,1-5H3/t23-,24?/m0/s1. The zero-order valence-electron chi connectivity index (χ0n) is 22.7. The molecular weight excluding hydrogens is 448 g/mol. The van der Waals surface area contributed by atoms with Crippen molar-refractivity contribution in [2.24, 2.45) is 0 Å². The number of hydrogen-bond donors (Lipinski definition) is 0. The molecule has 0 amide bonds. The summed E-state index contributed by atoms with van der Waals surface area (Å²) >= 11 is 0. The second kappa shape index (κ2) is 10.9. The summed E-state index contributed by atoms with van der Waals surface area (Å²) in [6.07, 6.45) is 5.49. The third kappa shape index (κ3) is 4.89. The van der Waals surface area contributed by atoms with Crippen LogP contribution in [0.15, 0.2) is 36.5 Å². The Morgan fingerprint density at radius 1 is 1.00 bits per heavy atom. The van der Waals surface area contributed by atoms with E-state index >= 15 is 0 Å². The van der Waals surface area contributed by atoms with E-state index in [4.69, 9.17) is 14.7 Å². The number of likely N-dealkylation sites (N-methyl/N-ethyl adjacent to an activating group) is 1. The second-order valence-electron chi connectivity index (χ2n) is 10.6. The third-order valence-corrected chi connectivity index (χ3v) is 8.07. The highest BCUT2D eigenvalue weighted by molar-refractivity contribution is 5.55. The highest BCUT2D eigenvalue weighted by Crippen LogP contribution is 2.42. The Morgan fingerprint density at radius 3 is 2.44 bits per heavy atom. The van der Waals surface area contributed by atoms with Gasteiger partial charge in [-0.25, -0.2) is 4.98 Å². The van der Waals surface area contributed by atoms with Gasteiger partial charge in [0.2, 0.25) is 0 Å². The monoisotopic (exact) mass is 490 g/mol. The SMILES string of the molecule is CCN1CCN(c2cccc3nc(C4CCC[C@@H](c5ncccc5C)N4C)c(COC(C)C)n23)CC1. The lowest BCUT2D eigenvalue weighted by Gasteiger charge is -2.39. The van der Waals surface area contributed by atoms with Crippen LogP contribution in [0.4, 0.5) is 5.82 Å². The van der Waals surface area contributed by atoms with Crippen LogP contribution < -0.4 is 4.90 Å². The third-order valence-electron chi connectivity index (χ3n) is 8.07. The van der Waals surface area contributed by atoms with E-state index in [1.807, 2.05) is 12.3 Å². The van der Waals surface area contributed by atoms with Crippen LogP contribution in [0.5, 0.6) is 0 Å². The molecule has 1 unspecified atom stereocenters. The molecule has 2 saturated heterocycles. The lowest BCUT2D eigenvalue weighted by molar-refractivity contribution is 0.0593. The van der Waals surface area contributed by atoms with Crippen LogP contribution in [0, 0.1) is 6.92 Å². The van der Waals surface area contributed by atoms with Crippen LogP contribution in [0.2, 0.25) is 0 Å². The van der Waals surface area contributed by atoms with E-state index in [0.717, 1.165) is 56.9 Å². The predicted octanol–water partition coefficient (Wildman–Crippen LogP) is 5.00. The van der Waals surface area contributed by atoms with Crippen molar-refractivity contribution in [3.8, 4) is 0 Å². The van der Waals surface area contributed by atoms with Crippen molar-refractivity contribution in [3.63, 3.8) is 0 Å². The molecule has 0 radical (unpaired) electrons. The number of likely N-dealkylation sites (tertiary alicyclic amines) is 1. The van der Waals surface area contributed by atoms with E-state index in [2.05, 4.69) is 78.1 Å². The summed E-state index contributed by atoms with van der Waals surface area (Å²) in [6.45, 7) is 14.6. The summed E-state index contributed by atoms with van der Waals surface area (Å²) < 4.78 is 8.63. The molecule has 36 heavy (non-hydrogen) atoms. The summed E-state index contributed by atoms with van der Waals surface area (Å²) in [6, 6.07) is 11.3. The van der Waals surface area contributed by atoms with Crippen LogP contribution in [0.3, 0.4) is 0 Å². The molecule has 2 aliphatic rings. The van der Waals surface area contributed by atoms with Crippen LogP contribution in [0.25, 0.3) is 5.65 Å². The summed E-state index contributed by atoms with van der Waals surface area (Å²) in [5.41, 5.74) is 5.84. The fourth-order valence-electron chi connectivity index (χ4n) is 5.98. The Kier molecular flexibility index (Phi) is 7.60. The summed E-state index contributed by atoms with van der Waals surface area (Å²) in [4.78, 5) is 17.6. The van der Waals surface area contributed by atoms with Gasteiger partial charge in [0, 0.05) is 32.4 Å². The molecule has 7 nitrogen and oxygen atoms in total. The van der Waals surface area contributed by atoms with Crippen LogP contribution >= 0.6 is 0 Å². The van der Waals surface area contributed by atoms with Gasteiger partial charge in [-0.15, -0.1) is 0 Å². The van der Waals surface area contributed by atoms with E-state index in [1.54, 1.807) is 0 Å². The first-order valence-electron chi connectivity index (χ1n) is 13.7. The van der Waals surface area contributed by atoms with Crippen molar-refractivity contribution in [2.45, 2.75) is 71.8 Å². The van der Waals surface area contributed by atoms with E-state index in [1.165, 1.54) is 29.2 Å². The molecule has 2 atom stereocenters. The van der Waals surface area contributed by atoms with E-state index in [9.17, 15) is 0 Å². The minimum Gasteiger partial charge on any atom is -0.372 e. The molecule has 2 fully saturated rings. The lowest BCUT2D eigenvalue weighted by Crippen LogP contribution is -2.46. The minimum absolute atomic E-state index is 0.164. The van der Waals surface area contributed by atoms with Gasteiger partial charge in [-0.3, -0.25) is 14.3 Å². The number of piperazine rings is 1. The van der Waals surface area contributed by atoms with E-state index in [-0.39, 0.29) is 12.1 Å². The molecule has 0 N–H and O–H groups in total. The average molecular weight is 491 g/mol. The summed E-state index contributed by atoms with van der Waals surface area (Å²) in [5.74, 6) is 1.24. The molecule has 0 aliphatic carbocycles. The van der Waals surface area contributed by atoms with Crippen molar-refractivity contribution in [3.05, 3.63) is 59.2 Å². The van der Waals surface area contributed by atoms with Gasteiger partial charge >= 0.3 is 0 Å². The number of hydrogen-bond acceptors (Lipinski definition) is 6. The number of rotatable bonds is 7. The van der Waals surface area contributed by atoms with Gasteiger partial charge in [-0.2, -0.15) is 0 Å². The number of fused-ring (bicyclic) bond motifs is 1. The van der Waals surface area contributed by atoms with Crippen molar-refractivity contribution in [1.82, 2.24) is 24.2 Å². The predicted molar refractivity (Wildman–Crippen MR) is 146 cm³/mol. The van der Waals surface area contributed by atoms with Crippen molar-refractivity contribution in [1.29, 1.82) is 0 Å². The Morgan fingerprint density at radius 2 is 1.75 bits per heavy atom. The molecule has 3 aromatic rings. The first-order chi connectivity index (χ1) is 17.5. The molecule has 0 aromatic carbocycles. The van der Waals surface area contributed by atoms with Gasteiger partial charge in [0.1, 0.15) is 11.5 Å². The zero-order valence-corrected chi connectivity index (χ0v) is 22.7. The maximum absolute atomic E-state index is 6.25. The Balaban J connectivity index is 1.55. The van der Waals surface area contributed by atoms with Crippen LogP contribution in [-0.2, 0) is 11.3 Å². The Bertz CT molecular complexity index is 1170. The van der Waals surface area contributed by atoms with Gasteiger partial charge < -0.3 is 14.5 Å². The van der Waals surface area contributed by atoms with Gasteiger partial charge in [-0.05, 0) is 77.4 Å². The van der Waals surface area contributed by atoms with Crippen LogP contribution in [-0.4, -0.2) is 70.0 Å². The molecule has 0 bridgehead atoms. The highest BCUT2D eigenvalue weighted by atomic mass is 16.5. The van der Waals surface area contributed by atoms with Gasteiger partial charge in [-0.1, -0.05) is 19.1 Å². The number of aryl methyl sites for hydroxylation is 1. The zero-order chi connectivity index (χ0) is 25.2. The van der Waals surface area contributed by atoms with E-state index in [0.29, 0.717) is 12.6 Å². The molecule has 2 aliphatic heterocycles. The normalized spacial score (nSPS) is 22.1. The van der Waals surface area contributed by atoms with Crippen molar-refractivity contribution >= 4 is 11.5 Å². The first kappa shape index (κ1) is 25.2. The van der Waals surface area contributed by atoms with Crippen molar-refractivity contribution in [2.75, 3.05) is 44.7 Å². The molecule has 7 heteroatoms. The maximum atomic E-state index is 6.25. The minimum atomic E-state index is 0.164. The number of aromatic nitrogens is 3. The molecule has 0 saturated carbocycles. The first-order valence-corrected chi connectivity index (χ1v) is 13.7. The maximum Gasteiger partial charge on any atom is 0.138 e. The Hall–Kier alpha value is -2.48. The number of ether oxygens (including phenoxy) is 1. The number of anilines is 1. The molecule has 0 spiro atoms. The lowest BCUT2D eigenvalue weighted by atomic mass is 9.90. The number of imidazole rings is 1. The average Bonchev–Trinajstić information content (AvgIpc) is 3.26. The van der Waals surface area contributed by atoms with Gasteiger partial charge in [0.05, 0.1) is 41.9 Å². The molecule has 5 heterocycles. The fourth-order valence-corrected chi connectivity index (χ4v) is 5.98. The van der Waals surface area contributed by atoms with E-state index < -0.39 is 0 Å². The fraction of sp³-hybridized carbons (Fsp3) is 0.586. The van der Waals surface area contributed by atoms with Gasteiger partial charge in [0.25, 0.3) is 0 Å². The highest BCUT2D eigenvalue weighted by Gasteiger charge is 2.35. The molecule has 3 aromatic heterocycles. The topological polar surface area (TPSA) is 49.1 Å². The quantitative estimate of drug-likeness (QED) is 0.464. The number of piperidine rings is 1. The second-order valence-corrected chi connectivity index (χ2v) is 10.6. The largest absolute Gasteiger partial charge is 0.372 e. The summed E-state index contributed by atoms with van der Waals surface area (Å²) in [7, 11) is 2.25. The van der Waals surface area contributed by atoms with Crippen molar-refractivity contribution < 1.29 is 4.74 Å². The van der Waals surface area contributed by atoms with Crippen LogP contribution in [0.1, 0.15) is 74.8 Å². The number of pyridine rings is 2. The molecule has 194 valence electrons.